The van der Waals surface area contributed by atoms with Crippen LogP contribution < -0.4 is 10.6 Å². The van der Waals surface area contributed by atoms with Crippen molar-refractivity contribution in [2.45, 2.75) is 45.7 Å². The summed E-state index contributed by atoms with van der Waals surface area (Å²) in [5, 5.41) is 5.79. The number of urea groups is 1. The van der Waals surface area contributed by atoms with Gasteiger partial charge in [0.2, 0.25) is 0 Å². The van der Waals surface area contributed by atoms with Gasteiger partial charge in [0.25, 0.3) is 0 Å². The molecule has 2 amide bonds. The molecule has 1 saturated carbocycles. The summed E-state index contributed by atoms with van der Waals surface area (Å²) in [4.78, 5) is 16.3. The fourth-order valence-electron chi connectivity index (χ4n) is 2.75. The standard InChI is InChI=1S/C18H24N4O/c1-13-3-5-15(6-4-13)12-21-18(23)19-10-9-17-20-11-14(2)22(17)16-7-8-16/h3-6,11,16H,7-10,12H2,1-2H3,(H2,19,21,23). The minimum Gasteiger partial charge on any atom is -0.338 e. The summed E-state index contributed by atoms with van der Waals surface area (Å²) < 4.78 is 2.31. The quantitative estimate of drug-likeness (QED) is 0.861. The third-order valence-corrected chi connectivity index (χ3v) is 4.18. The number of imidazole rings is 1. The van der Waals surface area contributed by atoms with Crippen LogP contribution in [0.1, 0.15) is 41.5 Å². The van der Waals surface area contributed by atoms with Crippen LogP contribution in [-0.4, -0.2) is 22.1 Å². The van der Waals surface area contributed by atoms with Gasteiger partial charge < -0.3 is 15.2 Å². The van der Waals surface area contributed by atoms with Crippen LogP contribution >= 0.6 is 0 Å². The van der Waals surface area contributed by atoms with Gasteiger partial charge in [0.15, 0.2) is 0 Å². The molecule has 1 aromatic heterocycles. The number of amides is 2. The molecule has 122 valence electrons. The summed E-state index contributed by atoms with van der Waals surface area (Å²) in [6.45, 7) is 5.29. The first-order valence-electron chi connectivity index (χ1n) is 8.23. The van der Waals surface area contributed by atoms with Crippen LogP contribution in [0.25, 0.3) is 0 Å². The molecule has 0 unspecified atom stereocenters. The fourth-order valence-corrected chi connectivity index (χ4v) is 2.75. The molecule has 1 heterocycles. The van der Waals surface area contributed by atoms with E-state index in [2.05, 4.69) is 46.2 Å². The highest BCUT2D eigenvalue weighted by molar-refractivity contribution is 5.73. The molecule has 0 saturated heterocycles. The Balaban J connectivity index is 1.42. The summed E-state index contributed by atoms with van der Waals surface area (Å²) in [7, 11) is 0. The van der Waals surface area contributed by atoms with Gasteiger partial charge in [-0.1, -0.05) is 29.8 Å². The number of carbonyl (C=O) groups is 1. The van der Waals surface area contributed by atoms with Crippen LogP contribution in [-0.2, 0) is 13.0 Å². The molecular formula is C18H24N4O. The van der Waals surface area contributed by atoms with E-state index in [9.17, 15) is 4.79 Å². The van der Waals surface area contributed by atoms with Crippen LogP contribution in [0.15, 0.2) is 30.5 Å². The summed E-state index contributed by atoms with van der Waals surface area (Å²) in [5.74, 6) is 1.07. The van der Waals surface area contributed by atoms with Crippen LogP contribution in [0.4, 0.5) is 4.79 Å². The second-order valence-corrected chi connectivity index (χ2v) is 6.26. The van der Waals surface area contributed by atoms with Crippen molar-refractivity contribution in [2.24, 2.45) is 0 Å². The third kappa shape index (κ3) is 4.12. The number of aryl methyl sites for hydroxylation is 2. The maximum Gasteiger partial charge on any atom is 0.315 e. The highest BCUT2D eigenvalue weighted by Crippen LogP contribution is 2.36. The van der Waals surface area contributed by atoms with E-state index < -0.39 is 0 Å². The Morgan fingerprint density at radius 1 is 1.22 bits per heavy atom. The Morgan fingerprint density at radius 3 is 2.65 bits per heavy atom. The average Bonchev–Trinajstić information content (AvgIpc) is 3.31. The van der Waals surface area contributed by atoms with Crippen LogP contribution in [0.2, 0.25) is 0 Å². The first-order valence-corrected chi connectivity index (χ1v) is 8.23. The molecule has 0 atom stereocenters. The van der Waals surface area contributed by atoms with Gasteiger partial charge in [-0.05, 0) is 32.3 Å². The molecule has 0 radical (unpaired) electrons. The number of rotatable bonds is 6. The van der Waals surface area contributed by atoms with Crippen molar-refractivity contribution in [3.05, 3.63) is 53.1 Å². The van der Waals surface area contributed by atoms with E-state index in [1.165, 1.54) is 24.1 Å². The molecule has 1 aromatic carbocycles. The fraction of sp³-hybridized carbons (Fsp3) is 0.444. The molecule has 1 aliphatic carbocycles. The second kappa shape index (κ2) is 6.86. The van der Waals surface area contributed by atoms with Gasteiger partial charge in [-0.2, -0.15) is 0 Å². The molecule has 0 aliphatic heterocycles. The van der Waals surface area contributed by atoms with Crippen molar-refractivity contribution in [3.63, 3.8) is 0 Å². The van der Waals surface area contributed by atoms with Crippen molar-refractivity contribution in [3.8, 4) is 0 Å². The maximum absolute atomic E-state index is 11.9. The van der Waals surface area contributed by atoms with Gasteiger partial charge in [-0.3, -0.25) is 0 Å². The van der Waals surface area contributed by atoms with Gasteiger partial charge >= 0.3 is 6.03 Å². The SMILES string of the molecule is Cc1ccc(CNC(=O)NCCc2ncc(C)n2C2CC2)cc1. The number of nitrogens with one attached hydrogen (secondary N) is 2. The molecule has 3 rings (SSSR count). The topological polar surface area (TPSA) is 59.0 Å². The Morgan fingerprint density at radius 2 is 1.96 bits per heavy atom. The number of carbonyl (C=O) groups excluding carboxylic acids is 1. The molecule has 2 aromatic rings. The van der Waals surface area contributed by atoms with Crippen molar-refractivity contribution >= 4 is 6.03 Å². The van der Waals surface area contributed by atoms with Crippen molar-refractivity contribution in [2.75, 3.05) is 6.54 Å². The van der Waals surface area contributed by atoms with E-state index in [0.717, 1.165) is 17.8 Å². The molecule has 23 heavy (non-hydrogen) atoms. The zero-order valence-electron chi connectivity index (χ0n) is 13.8. The van der Waals surface area contributed by atoms with Crippen molar-refractivity contribution in [1.82, 2.24) is 20.2 Å². The van der Waals surface area contributed by atoms with E-state index in [0.29, 0.717) is 19.1 Å². The number of benzene rings is 1. The number of hydrogen-bond donors (Lipinski definition) is 2. The maximum atomic E-state index is 11.9. The number of nitrogens with zero attached hydrogens (tertiary/aromatic N) is 2. The normalized spacial score (nSPS) is 13.8. The number of aromatic nitrogens is 2. The van der Waals surface area contributed by atoms with E-state index >= 15 is 0 Å². The Labute approximate surface area is 137 Å². The van der Waals surface area contributed by atoms with Crippen LogP contribution in [0.3, 0.4) is 0 Å². The van der Waals surface area contributed by atoms with E-state index in [1.54, 1.807) is 0 Å². The lowest BCUT2D eigenvalue weighted by atomic mass is 10.1. The minimum atomic E-state index is -0.133. The Hall–Kier alpha value is -2.30. The lowest BCUT2D eigenvalue weighted by molar-refractivity contribution is 0.240. The second-order valence-electron chi connectivity index (χ2n) is 6.26. The molecule has 0 spiro atoms. The summed E-state index contributed by atoms with van der Waals surface area (Å²) in [6.07, 6.45) is 5.18. The summed E-state index contributed by atoms with van der Waals surface area (Å²) >= 11 is 0. The van der Waals surface area contributed by atoms with Gasteiger partial charge in [0.05, 0.1) is 0 Å². The smallest absolute Gasteiger partial charge is 0.315 e. The van der Waals surface area contributed by atoms with Crippen LogP contribution in [0.5, 0.6) is 0 Å². The van der Waals surface area contributed by atoms with Gasteiger partial charge in [0.1, 0.15) is 5.82 Å². The van der Waals surface area contributed by atoms with E-state index in [1.807, 2.05) is 18.3 Å². The summed E-state index contributed by atoms with van der Waals surface area (Å²) in [5.41, 5.74) is 3.54. The van der Waals surface area contributed by atoms with E-state index in [4.69, 9.17) is 0 Å². The van der Waals surface area contributed by atoms with Gasteiger partial charge in [-0.15, -0.1) is 0 Å². The predicted molar refractivity (Wildman–Crippen MR) is 90.4 cm³/mol. The highest BCUT2D eigenvalue weighted by Gasteiger charge is 2.26. The first-order chi connectivity index (χ1) is 11.1. The average molecular weight is 312 g/mol. The molecule has 5 heteroatoms. The third-order valence-electron chi connectivity index (χ3n) is 4.18. The summed E-state index contributed by atoms with van der Waals surface area (Å²) in [6, 6.07) is 8.66. The number of hydrogen-bond acceptors (Lipinski definition) is 2. The van der Waals surface area contributed by atoms with Gasteiger partial charge in [-0.25, -0.2) is 9.78 Å². The zero-order valence-corrected chi connectivity index (χ0v) is 13.8. The van der Waals surface area contributed by atoms with Crippen molar-refractivity contribution in [1.29, 1.82) is 0 Å². The Bertz CT molecular complexity index is 671. The lowest BCUT2D eigenvalue weighted by Gasteiger charge is -2.10. The monoisotopic (exact) mass is 312 g/mol. The molecule has 1 fully saturated rings. The van der Waals surface area contributed by atoms with E-state index in [-0.39, 0.29) is 6.03 Å². The lowest BCUT2D eigenvalue weighted by Crippen LogP contribution is -2.36. The zero-order chi connectivity index (χ0) is 16.2. The van der Waals surface area contributed by atoms with Crippen LogP contribution in [0, 0.1) is 13.8 Å². The van der Waals surface area contributed by atoms with Gasteiger partial charge in [0, 0.05) is 37.4 Å². The Kier molecular flexibility index (Phi) is 4.65. The minimum absolute atomic E-state index is 0.133. The highest BCUT2D eigenvalue weighted by atomic mass is 16.2. The molecule has 5 nitrogen and oxygen atoms in total. The first kappa shape index (κ1) is 15.6. The molecule has 2 N–H and O–H groups in total. The molecular weight excluding hydrogens is 288 g/mol. The largest absolute Gasteiger partial charge is 0.338 e. The molecule has 0 bridgehead atoms. The molecule has 1 aliphatic rings. The van der Waals surface area contributed by atoms with Crippen molar-refractivity contribution < 1.29 is 4.79 Å². The predicted octanol–water partition coefficient (Wildman–Crippen LogP) is 2.88.